The number of aromatic nitrogens is 1. The summed E-state index contributed by atoms with van der Waals surface area (Å²) in [6.07, 6.45) is -1.88. The zero-order chi connectivity index (χ0) is 12.7. The molecule has 94 valence electrons. The zero-order valence-electron chi connectivity index (χ0n) is 8.91. The van der Waals surface area contributed by atoms with Gasteiger partial charge in [-0.1, -0.05) is 0 Å². The Morgan fingerprint density at radius 3 is 2.53 bits per heavy atom. The molecule has 0 spiro atoms. The summed E-state index contributed by atoms with van der Waals surface area (Å²) >= 11 is 0. The summed E-state index contributed by atoms with van der Waals surface area (Å²) in [5.74, 6) is -0.183. The van der Waals surface area contributed by atoms with Crippen LogP contribution in [0.5, 0.6) is 0 Å². The molecule has 0 bridgehead atoms. The second-order valence-electron chi connectivity index (χ2n) is 4.36. The van der Waals surface area contributed by atoms with Gasteiger partial charge in [-0.3, -0.25) is 4.98 Å². The molecule has 1 aromatic rings. The molecule has 2 N–H and O–H groups in total. The minimum atomic E-state index is -4.44. The van der Waals surface area contributed by atoms with Crippen LogP contribution in [0.2, 0.25) is 0 Å². The van der Waals surface area contributed by atoms with Gasteiger partial charge in [0.2, 0.25) is 0 Å². The molecule has 1 aromatic heterocycles. The third-order valence-corrected chi connectivity index (χ3v) is 3.38. The zero-order valence-corrected chi connectivity index (χ0v) is 8.91. The highest BCUT2D eigenvalue weighted by Crippen LogP contribution is 2.53. The second kappa shape index (κ2) is 3.96. The van der Waals surface area contributed by atoms with Crippen molar-refractivity contribution in [3.05, 3.63) is 29.6 Å². The molecule has 2 atom stereocenters. The van der Waals surface area contributed by atoms with E-state index < -0.39 is 17.2 Å². The molecule has 2 rings (SSSR count). The first-order valence-electron chi connectivity index (χ1n) is 5.18. The summed E-state index contributed by atoms with van der Waals surface area (Å²) in [5.41, 5.74) is -1.23. The van der Waals surface area contributed by atoms with Gasteiger partial charge >= 0.3 is 6.18 Å². The minimum absolute atomic E-state index is 0.142. The predicted molar refractivity (Wildman–Crippen MR) is 53.2 cm³/mol. The van der Waals surface area contributed by atoms with Gasteiger partial charge in [-0.05, 0) is 24.0 Å². The van der Waals surface area contributed by atoms with Crippen LogP contribution in [0.15, 0.2) is 18.5 Å². The van der Waals surface area contributed by atoms with Crippen molar-refractivity contribution in [2.24, 2.45) is 5.92 Å². The van der Waals surface area contributed by atoms with Crippen LogP contribution < -0.4 is 0 Å². The van der Waals surface area contributed by atoms with Gasteiger partial charge in [-0.15, -0.1) is 0 Å². The van der Waals surface area contributed by atoms with Crippen molar-refractivity contribution in [1.29, 1.82) is 0 Å². The maximum Gasteiger partial charge on any atom is 0.417 e. The van der Waals surface area contributed by atoms with Gasteiger partial charge in [0.25, 0.3) is 0 Å². The van der Waals surface area contributed by atoms with Crippen molar-refractivity contribution in [2.45, 2.75) is 18.0 Å². The molecule has 0 amide bonds. The lowest BCUT2D eigenvalue weighted by atomic mass is 9.94. The first kappa shape index (κ1) is 12.3. The highest BCUT2D eigenvalue weighted by Gasteiger charge is 2.55. The van der Waals surface area contributed by atoms with E-state index >= 15 is 0 Å². The molecular formula is C11H12F3NO2. The first-order valence-corrected chi connectivity index (χ1v) is 5.18. The number of hydrogen-bond acceptors (Lipinski definition) is 3. The van der Waals surface area contributed by atoms with E-state index in [4.69, 9.17) is 5.11 Å². The highest BCUT2D eigenvalue weighted by atomic mass is 19.4. The lowest BCUT2D eigenvalue weighted by molar-refractivity contribution is -0.137. The highest BCUT2D eigenvalue weighted by molar-refractivity contribution is 5.35. The van der Waals surface area contributed by atoms with Gasteiger partial charge < -0.3 is 10.2 Å². The molecule has 17 heavy (non-hydrogen) atoms. The van der Waals surface area contributed by atoms with Crippen LogP contribution in [-0.2, 0) is 11.6 Å². The van der Waals surface area contributed by atoms with E-state index in [9.17, 15) is 18.3 Å². The monoisotopic (exact) mass is 247 g/mol. The van der Waals surface area contributed by atoms with Crippen LogP contribution in [0.1, 0.15) is 17.5 Å². The van der Waals surface area contributed by atoms with Crippen LogP contribution in [0.25, 0.3) is 0 Å². The van der Waals surface area contributed by atoms with Crippen molar-refractivity contribution in [1.82, 2.24) is 4.98 Å². The third-order valence-electron chi connectivity index (χ3n) is 3.38. The smallest absolute Gasteiger partial charge is 0.396 e. The van der Waals surface area contributed by atoms with Crippen molar-refractivity contribution < 1.29 is 23.4 Å². The van der Waals surface area contributed by atoms with Gasteiger partial charge in [-0.25, -0.2) is 0 Å². The van der Waals surface area contributed by atoms with Crippen molar-refractivity contribution in [3.8, 4) is 0 Å². The fourth-order valence-electron chi connectivity index (χ4n) is 2.13. The molecule has 1 aliphatic carbocycles. The van der Waals surface area contributed by atoms with E-state index in [2.05, 4.69) is 4.98 Å². The Morgan fingerprint density at radius 1 is 1.35 bits per heavy atom. The second-order valence-corrected chi connectivity index (χ2v) is 4.36. The first-order chi connectivity index (χ1) is 7.94. The van der Waals surface area contributed by atoms with Gasteiger partial charge in [0.15, 0.2) is 0 Å². The molecule has 3 nitrogen and oxygen atoms in total. The summed E-state index contributed by atoms with van der Waals surface area (Å²) in [6, 6.07) is 0.999. The number of halogens is 3. The van der Waals surface area contributed by atoms with Crippen LogP contribution in [0.3, 0.4) is 0 Å². The third kappa shape index (κ3) is 2.02. The normalized spacial score (nSPS) is 28.2. The number of rotatable bonds is 3. The number of aliphatic hydroxyl groups excluding tert-OH is 2. The van der Waals surface area contributed by atoms with E-state index in [1.54, 1.807) is 0 Å². The molecule has 1 aliphatic rings. The summed E-state index contributed by atoms with van der Waals surface area (Å²) < 4.78 is 37.5. The van der Waals surface area contributed by atoms with E-state index in [1.807, 2.05) is 0 Å². The SMILES string of the molecule is OCC1CC1(CO)c1cncc(C(F)(F)F)c1. The van der Waals surface area contributed by atoms with E-state index in [-0.39, 0.29) is 19.1 Å². The van der Waals surface area contributed by atoms with Crippen molar-refractivity contribution >= 4 is 0 Å². The largest absolute Gasteiger partial charge is 0.417 e. The maximum atomic E-state index is 12.5. The Labute approximate surface area is 95.9 Å². The lowest BCUT2D eigenvalue weighted by Crippen LogP contribution is -2.18. The van der Waals surface area contributed by atoms with E-state index in [1.165, 1.54) is 6.20 Å². The topological polar surface area (TPSA) is 53.4 Å². The fourth-order valence-corrected chi connectivity index (χ4v) is 2.13. The molecular weight excluding hydrogens is 235 g/mol. The fraction of sp³-hybridized carbons (Fsp3) is 0.545. The Balaban J connectivity index is 2.34. The van der Waals surface area contributed by atoms with Crippen LogP contribution in [0.4, 0.5) is 13.2 Å². The summed E-state index contributed by atoms with van der Waals surface area (Å²) in [7, 11) is 0. The molecule has 1 saturated carbocycles. The molecule has 1 heterocycles. The maximum absolute atomic E-state index is 12.5. The number of nitrogens with zero attached hydrogens (tertiary/aromatic N) is 1. The standard InChI is InChI=1S/C11H12F3NO2/c12-11(13,14)8-1-7(3-15-4-8)10(6-17)2-9(10)5-16/h1,3-4,9,16-17H,2,5-6H2. The van der Waals surface area contributed by atoms with Crippen LogP contribution in [0, 0.1) is 5.92 Å². The average molecular weight is 247 g/mol. The minimum Gasteiger partial charge on any atom is -0.396 e. The predicted octanol–water partition coefficient (Wildman–Crippen LogP) is 1.34. The van der Waals surface area contributed by atoms with Crippen LogP contribution >= 0.6 is 0 Å². The van der Waals surface area contributed by atoms with Gasteiger partial charge in [0, 0.05) is 24.4 Å². The molecule has 2 unspecified atom stereocenters. The van der Waals surface area contributed by atoms with Gasteiger partial charge in [-0.2, -0.15) is 13.2 Å². The summed E-state index contributed by atoms with van der Waals surface area (Å²) in [5, 5.41) is 18.3. The molecule has 6 heteroatoms. The number of pyridine rings is 1. The average Bonchev–Trinajstić information content (AvgIpc) is 3.03. The Morgan fingerprint density at radius 2 is 2.06 bits per heavy atom. The molecule has 0 radical (unpaired) electrons. The van der Waals surface area contributed by atoms with Crippen molar-refractivity contribution in [2.75, 3.05) is 13.2 Å². The number of hydrogen-bond donors (Lipinski definition) is 2. The molecule has 0 saturated heterocycles. The Hall–Kier alpha value is -1.14. The van der Waals surface area contributed by atoms with Crippen molar-refractivity contribution in [3.63, 3.8) is 0 Å². The number of aliphatic hydroxyl groups is 2. The quantitative estimate of drug-likeness (QED) is 0.847. The Bertz CT molecular complexity index is 421. The van der Waals surface area contributed by atoms with E-state index in [0.29, 0.717) is 12.0 Å². The summed E-state index contributed by atoms with van der Waals surface area (Å²) in [6.45, 7) is -0.419. The molecule has 0 aliphatic heterocycles. The van der Waals surface area contributed by atoms with Crippen LogP contribution in [-0.4, -0.2) is 28.4 Å². The van der Waals surface area contributed by atoms with Gasteiger partial charge in [0.1, 0.15) is 0 Å². The van der Waals surface area contributed by atoms with E-state index in [0.717, 1.165) is 12.3 Å². The number of alkyl halides is 3. The lowest BCUT2D eigenvalue weighted by Gasteiger charge is -2.15. The summed E-state index contributed by atoms with van der Waals surface area (Å²) in [4.78, 5) is 3.56. The molecule has 1 fully saturated rings. The van der Waals surface area contributed by atoms with Gasteiger partial charge in [0.05, 0.1) is 12.2 Å². The Kier molecular flexibility index (Phi) is 2.87. The molecule has 0 aromatic carbocycles.